The summed E-state index contributed by atoms with van der Waals surface area (Å²) in [6, 6.07) is 2.65. The van der Waals surface area contributed by atoms with Gasteiger partial charge in [0.1, 0.15) is 17.6 Å². The Morgan fingerprint density at radius 2 is 1.88 bits per heavy atom. The maximum Gasteiger partial charge on any atom is 0.165 e. The van der Waals surface area contributed by atoms with E-state index in [1.807, 2.05) is 43.7 Å². The van der Waals surface area contributed by atoms with Gasteiger partial charge < -0.3 is 19.9 Å². The lowest BCUT2D eigenvalue weighted by molar-refractivity contribution is 0.325. The van der Waals surface area contributed by atoms with Crippen molar-refractivity contribution in [2.24, 2.45) is 7.05 Å². The van der Waals surface area contributed by atoms with E-state index in [9.17, 15) is 0 Å². The van der Waals surface area contributed by atoms with Crippen LogP contribution in [0.3, 0.4) is 0 Å². The Labute approximate surface area is 197 Å². The van der Waals surface area contributed by atoms with Crippen molar-refractivity contribution in [3.05, 3.63) is 55.0 Å². The van der Waals surface area contributed by atoms with Crippen LogP contribution in [0.5, 0.6) is 0 Å². The molecule has 3 N–H and O–H groups in total. The zero-order chi connectivity index (χ0) is 23.6. The standard InChI is InChI=1S/C12H19NO.C9H11N5.C4H8.H2O/c1-5-6-7-8-10-9-11(14-13-10)12(2,3)4;1-14-5-12-7-8(13-6-2-3-6)10-4-11-9(7)14;1-3-4-2;/h5,9H,1,6-8H2,2-4H3;4-6H,2-3H2,1H3,(H,10,11,13);3-4H,1-2H3;1H2/b;;4-3+;. The summed E-state index contributed by atoms with van der Waals surface area (Å²) in [5, 5.41) is 7.39. The average molecular weight is 457 g/mol. The van der Waals surface area contributed by atoms with Crippen LogP contribution in [0.4, 0.5) is 5.82 Å². The maximum absolute atomic E-state index is 5.28. The lowest BCUT2D eigenvalue weighted by Gasteiger charge is -2.12. The van der Waals surface area contributed by atoms with E-state index in [1.54, 1.807) is 12.7 Å². The number of nitrogens with one attached hydrogen (secondary N) is 1. The molecule has 0 radical (unpaired) electrons. The van der Waals surface area contributed by atoms with Gasteiger partial charge >= 0.3 is 0 Å². The molecule has 0 unspecified atom stereocenters. The van der Waals surface area contributed by atoms with E-state index in [4.69, 9.17) is 4.52 Å². The number of imidazole rings is 1. The van der Waals surface area contributed by atoms with Crippen LogP contribution in [0.25, 0.3) is 11.2 Å². The van der Waals surface area contributed by atoms with Gasteiger partial charge in [-0.25, -0.2) is 15.0 Å². The fraction of sp³-hybridized carbons (Fsp3) is 0.520. The van der Waals surface area contributed by atoms with E-state index in [1.165, 1.54) is 12.8 Å². The first-order valence-electron chi connectivity index (χ1n) is 11.3. The molecule has 0 saturated heterocycles. The van der Waals surface area contributed by atoms with Gasteiger partial charge in [0.2, 0.25) is 0 Å². The molecule has 0 aromatic carbocycles. The van der Waals surface area contributed by atoms with E-state index in [-0.39, 0.29) is 10.9 Å². The van der Waals surface area contributed by atoms with Crippen molar-refractivity contribution in [1.82, 2.24) is 24.7 Å². The second-order valence-electron chi connectivity index (χ2n) is 8.95. The van der Waals surface area contributed by atoms with Crippen LogP contribution in [0.15, 0.2) is 48.1 Å². The number of hydrogen-bond acceptors (Lipinski definition) is 6. The lowest BCUT2D eigenvalue weighted by atomic mass is 9.93. The molecule has 0 amide bonds. The van der Waals surface area contributed by atoms with Crippen LogP contribution < -0.4 is 5.32 Å². The summed E-state index contributed by atoms with van der Waals surface area (Å²) in [4.78, 5) is 12.7. The molecular formula is C25H40N6O2. The average Bonchev–Trinajstić information content (AvgIpc) is 3.29. The van der Waals surface area contributed by atoms with E-state index in [0.717, 1.165) is 47.7 Å². The summed E-state index contributed by atoms with van der Waals surface area (Å²) in [5.41, 5.74) is 2.85. The van der Waals surface area contributed by atoms with Crippen LogP contribution in [0, 0.1) is 0 Å². The van der Waals surface area contributed by atoms with Crippen molar-refractivity contribution in [3.8, 4) is 0 Å². The number of unbranched alkanes of at least 4 members (excludes halogenated alkanes) is 1. The summed E-state index contributed by atoms with van der Waals surface area (Å²) in [5.74, 6) is 1.82. The van der Waals surface area contributed by atoms with Gasteiger partial charge in [0.15, 0.2) is 11.5 Å². The molecule has 8 heteroatoms. The molecule has 4 rings (SSSR count). The molecule has 0 atom stereocenters. The number of anilines is 1. The fourth-order valence-electron chi connectivity index (χ4n) is 2.68. The van der Waals surface area contributed by atoms with Crippen LogP contribution in [-0.2, 0) is 18.9 Å². The number of hydrogen-bond donors (Lipinski definition) is 1. The third kappa shape index (κ3) is 9.18. The van der Waals surface area contributed by atoms with Gasteiger partial charge in [-0.05, 0) is 46.0 Å². The number of nitrogens with zero attached hydrogens (tertiary/aromatic N) is 5. The summed E-state index contributed by atoms with van der Waals surface area (Å²) < 4.78 is 7.18. The largest absolute Gasteiger partial charge is 0.412 e. The minimum Gasteiger partial charge on any atom is -0.412 e. The molecule has 0 aliphatic heterocycles. The molecule has 3 aromatic heterocycles. The molecule has 1 aliphatic rings. The van der Waals surface area contributed by atoms with E-state index in [2.05, 4.69) is 58.8 Å². The molecule has 3 heterocycles. The Kier molecular flexibility index (Phi) is 11.5. The summed E-state index contributed by atoms with van der Waals surface area (Å²) in [6.07, 6.45) is 14.9. The third-order valence-electron chi connectivity index (χ3n) is 4.89. The minimum atomic E-state index is 0. The van der Waals surface area contributed by atoms with Crippen molar-refractivity contribution in [2.75, 3.05) is 5.32 Å². The van der Waals surface area contributed by atoms with Crippen LogP contribution in [-0.4, -0.2) is 36.2 Å². The summed E-state index contributed by atoms with van der Waals surface area (Å²) in [6.45, 7) is 14.1. The second-order valence-corrected chi connectivity index (χ2v) is 8.95. The normalized spacial score (nSPS) is 12.9. The molecule has 3 aromatic rings. The predicted molar refractivity (Wildman–Crippen MR) is 135 cm³/mol. The van der Waals surface area contributed by atoms with Gasteiger partial charge in [0, 0.05) is 24.6 Å². The Bertz CT molecular complexity index is 992. The highest BCUT2D eigenvalue weighted by Gasteiger charge is 2.23. The number of allylic oxidation sites excluding steroid dienone is 3. The quantitative estimate of drug-likeness (QED) is 0.404. The molecule has 33 heavy (non-hydrogen) atoms. The molecule has 0 spiro atoms. The highest BCUT2D eigenvalue weighted by molar-refractivity contribution is 5.82. The maximum atomic E-state index is 5.28. The molecule has 182 valence electrons. The van der Waals surface area contributed by atoms with Gasteiger partial charge in [-0.2, -0.15) is 0 Å². The van der Waals surface area contributed by atoms with Crippen LogP contribution >= 0.6 is 0 Å². The summed E-state index contributed by atoms with van der Waals surface area (Å²) >= 11 is 0. The van der Waals surface area contributed by atoms with Crippen molar-refractivity contribution < 1.29 is 10.00 Å². The van der Waals surface area contributed by atoms with Gasteiger partial charge in [-0.1, -0.05) is 44.2 Å². The lowest BCUT2D eigenvalue weighted by Crippen LogP contribution is -2.09. The number of aryl methyl sites for hydroxylation is 2. The number of aromatic nitrogens is 5. The van der Waals surface area contributed by atoms with Gasteiger partial charge in [-0.15, -0.1) is 6.58 Å². The van der Waals surface area contributed by atoms with Crippen LogP contribution in [0.2, 0.25) is 0 Å². The fourth-order valence-corrected chi connectivity index (χ4v) is 2.68. The third-order valence-corrected chi connectivity index (χ3v) is 4.89. The first-order valence-corrected chi connectivity index (χ1v) is 11.3. The minimum absolute atomic E-state index is 0. The van der Waals surface area contributed by atoms with Crippen molar-refractivity contribution in [1.29, 1.82) is 0 Å². The second kappa shape index (κ2) is 13.5. The number of fused-ring (bicyclic) bond motifs is 1. The molecule has 1 fully saturated rings. The van der Waals surface area contributed by atoms with Gasteiger partial charge in [0.25, 0.3) is 0 Å². The summed E-state index contributed by atoms with van der Waals surface area (Å²) in [7, 11) is 1.93. The molecule has 1 aliphatic carbocycles. The predicted octanol–water partition coefficient (Wildman–Crippen LogP) is 5.18. The Hall–Kier alpha value is -3.00. The monoisotopic (exact) mass is 456 g/mol. The molecule has 1 saturated carbocycles. The topological polar surface area (TPSA) is 113 Å². The Morgan fingerprint density at radius 1 is 1.18 bits per heavy atom. The SMILES string of the molecule is C/C=C/C.C=CCCCc1cc(C(C)(C)C)on1.Cn1cnc2c(NC3CC3)ncnc21.O. The zero-order valence-electron chi connectivity index (χ0n) is 20.9. The molecule has 0 bridgehead atoms. The zero-order valence-corrected chi connectivity index (χ0v) is 20.9. The number of rotatable bonds is 6. The van der Waals surface area contributed by atoms with E-state index < -0.39 is 0 Å². The smallest absolute Gasteiger partial charge is 0.165 e. The van der Waals surface area contributed by atoms with E-state index in [0.29, 0.717) is 6.04 Å². The Balaban J connectivity index is 0.000000278. The molecule has 8 nitrogen and oxygen atoms in total. The van der Waals surface area contributed by atoms with Gasteiger partial charge in [0.05, 0.1) is 12.0 Å². The highest BCUT2D eigenvalue weighted by atomic mass is 16.5. The molecular weight excluding hydrogens is 416 g/mol. The van der Waals surface area contributed by atoms with Crippen molar-refractivity contribution in [2.45, 2.75) is 78.2 Å². The van der Waals surface area contributed by atoms with Crippen molar-refractivity contribution >= 4 is 17.0 Å². The van der Waals surface area contributed by atoms with Crippen LogP contribution in [0.1, 0.15) is 71.8 Å². The van der Waals surface area contributed by atoms with Gasteiger partial charge in [-0.3, -0.25) is 0 Å². The first kappa shape index (κ1) is 28.0. The highest BCUT2D eigenvalue weighted by Crippen LogP contribution is 2.26. The first-order chi connectivity index (χ1) is 15.3. The van der Waals surface area contributed by atoms with E-state index >= 15 is 0 Å². The Morgan fingerprint density at radius 3 is 2.42 bits per heavy atom. The van der Waals surface area contributed by atoms with Crippen molar-refractivity contribution in [3.63, 3.8) is 0 Å².